The van der Waals surface area contributed by atoms with E-state index in [4.69, 9.17) is 11.6 Å². The lowest BCUT2D eigenvalue weighted by Crippen LogP contribution is -2.51. The quantitative estimate of drug-likeness (QED) is 0.723. The average Bonchev–Trinajstić information content (AvgIpc) is 2.17. The highest BCUT2D eigenvalue weighted by atomic mass is 35.5. The Morgan fingerprint density at radius 3 is 2.50 bits per heavy atom. The van der Waals surface area contributed by atoms with Gasteiger partial charge in [0.2, 0.25) is 0 Å². The molecule has 1 nitrogen and oxygen atoms in total. The van der Waals surface area contributed by atoms with Crippen LogP contribution in [0.2, 0.25) is 5.02 Å². The van der Waals surface area contributed by atoms with Gasteiger partial charge in [-0.25, -0.2) is 0 Å². The van der Waals surface area contributed by atoms with E-state index in [1.165, 1.54) is 25.2 Å². The smallest absolute Gasteiger partial charge is 0.0639 e. The standard InChI is InChI=1S/C11H12ClNS/c12-10-3-1-2-4-11(10)13-6-8-5-9(7-13)14-8/h1-4,8-9H,5-7H2. The van der Waals surface area contributed by atoms with Gasteiger partial charge >= 0.3 is 0 Å². The van der Waals surface area contributed by atoms with Crippen molar-refractivity contribution >= 4 is 29.1 Å². The largest absolute Gasteiger partial charge is 0.368 e. The van der Waals surface area contributed by atoms with Crippen molar-refractivity contribution in [3.8, 4) is 0 Å². The number of hydrogen-bond acceptors (Lipinski definition) is 2. The maximum Gasteiger partial charge on any atom is 0.0639 e. The van der Waals surface area contributed by atoms with Crippen LogP contribution in [-0.2, 0) is 0 Å². The zero-order valence-electron chi connectivity index (χ0n) is 7.82. The van der Waals surface area contributed by atoms with Crippen LogP contribution in [0.3, 0.4) is 0 Å². The van der Waals surface area contributed by atoms with Gasteiger partial charge in [0.05, 0.1) is 10.7 Å². The lowest BCUT2D eigenvalue weighted by Gasteiger charge is -2.47. The van der Waals surface area contributed by atoms with E-state index in [1.807, 2.05) is 12.1 Å². The molecule has 0 N–H and O–H groups in total. The summed E-state index contributed by atoms with van der Waals surface area (Å²) in [6.45, 7) is 2.34. The molecule has 0 aliphatic carbocycles. The molecule has 3 saturated heterocycles. The van der Waals surface area contributed by atoms with Gasteiger partial charge in [0.25, 0.3) is 0 Å². The minimum absolute atomic E-state index is 0.852. The molecule has 2 bridgehead atoms. The van der Waals surface area contributed by atoms with Crippen LogP contribution < -0.4 is 4.90 Å². The first-order valence-electron chi connectivity index (χ1n) is 4.98. The molecule has 0 radical (unpaired) electrons. The van der Waals surface area contributed by atoms with Gasteiger partial charge in [-0.2, -0.15) is 11.8 Å². The molecule has 3 aliphatic heterocycles. The zero-order valence-corrected chi connectivity index (χ0v) is 9.39. The van der Waals surface area contributed by atoms with Crippen LogP contribution in [0.15, 0.2) is 24.3 Å². The van der Waals surface area contributed by atoms with Crippen LogP contribution in [0.5, 0.6) is 0 Å². The second-order valence-corrected chi connectivity index (χ2v) is 5.98. The maximum absolute atomic E-state index is 6.17. The molecule has 0 aromatic heterocycles. The number of piperidine rings is 1. The Morgan fingerprint density at radius 2 is 1.86 bits per heavy atom. The van der Waals surface area contributed by atoms with Crippen molar-refractivity contribution in [2.24, 2.45) is 0 Å². The Balaban J connectivity index is 1.85. The fourth-order valence-corrected chi connectivity index (χ4v) is 3.92. The molecule has 74 valence electrons. The Kier molecular flexibility index (Phi) is 2.14. The van der Waals surface area contributed by atoms with Crippen molar-refractivity contribution in [1.29, 1.82) is 0 Å². The molecule has 1 aromatic carbocycles. The summed E-state index contributed by atoms with van der Waals surface area (Å²) in [5.41, 5.74) is 1.21. The SMILES string of the molecule is Clc1ccccc1N1CC2CC(C1)S2. The third-order valence-corrected chi connectivity index (χ3v) is 4.72. The molecule has 3 heteroatoms. The van der Waals surface area contributed by atoms with Crippen molar-refractivity contribution in [3.63, 3.8) is 0 Å². The Hall–Kier alpha value is -0.340. The molecule has 14 heavy (non-hydrogen) atoms. The maximum atomic E-state index is 6.17. The van der Waals surface area contributed by atoms with E-state index in [2.05, 4.69) is 28.8 Å². The summed E-state index contributed by atoms with van der Waals surface area (Å²) in [5, 5.41) is 2.59. The zero-order chi connectivity index (χ0) is 9.54. The van der Waals surface area contributed by atoms with Crippen LogP contribution in [0.25, 0.3) is 0 Å². The Morgan fingerprint density at radius 1 is 1.21 bits per heavy atom. The van der Waals surface area contributed by atoms with E-state index in [0.717, 1.165) is 15.5 Å². The molecular weight excluding hydrogens is 214 g/mol. The predicted octanol–water partition coefficient (Wildman–Crippen LogP) is 3.03. The van der Waals surface area contributed by atoms with Gasteiger partial charge in [-0.05, 0) is 18.6 Å². The van der Waals surface area contributed by atoms with Gasteiger partial charge in [-0.15, -0.1) is 0 Å². The van der Waals surface area contributed by atoms with Crippen LogP contribution in [0, 0.1) is 0 Å². The van der Waals surface area contributed by atoms with Gasteiger partial charge in [-0.3, -0.25) is 0 Å². The van der Waals surface area contributed by atoms with Crippen LogP contribution in [0.1, 0.15) is 6.42 Å². The molecule has 3 fully saturated rings. The monoisotopic (exact) mass is 225 g/mol. The molecule has 2 atom stereocenters. The second-order valence-electron chi connectivity index (χ2n) is 3.97. The number of fused-ring (bicyclic) bond motifs is 2. The van der Waals surface area contributed by atoms with E-state index in [1.54, 1.807) is 0 Å². The highest BCUT2D eigenvalue weighted by Gasteiger charge is 2.38. The fourth-order valence-electron chi connectivity index (χ4n) is 2.26. The first-order valence-corrected chi connectivity index (χ1v) is 6.30. The topological polar surface area (TPSA) is 3.24 Å². The summed E-state index contributed by atoms with van der Waals surface area (Å²) in [6, 6.07) is 8.15. The summed E-state index contributed by atoms with van der Waals surface area (Å²) < 4.78 is 0. The Bertz CT molecular complexity index is 339. The summed E-state index contributed by atoms with van der Waals surface area (Å²) in [5.74, 6) is 0. The highest BCUT2D eigenvalue weighted by molar-refractivity contribution is 8.02. The molecule has 2 unspecified atom stereocenters. The third-order valence-electron chi connectivity index (χ3n) is 2.95. The molecule has 3 aliphatic rings. The molecule has 0 spiro atoms. The van der Waals surface area contributed by atoms with Crippen molar-refractivity contribution in [3.05, 3.63) is 29.3 Å². The summed E-state index contributed by atoms with van der Waals surface area (Å²) >= 11 is 8.31. The van der Waals surface area contributed by atoms with Crippen molar-refractivity contribution in [2.45, 2.75) is 16.9 Å². The van der Waals surface area contributed by atoms with Crippen LogP contribution >= 0.6 is 23.4 Å². The van der Waals surface area contributed by atoms with Gasteiger partial charge < -0.3 is 4.90 Å². The van der Waals surface area contributed by atoms with Gasteiger partial charge in [0.15, 0.2) is 0 Å². The van der Waals surface area contributed by atoms with E-state index in [-0.39, 0.29) is 0 Å². The molecule has 1 aromatic rings. The lowest BCUT2D eigenvalue weighted by molar-refractivity contribution is 0.558. The molecule has 4 rings (SSSR count). The van der Waals surface area contributed by atoms with Crippen LogP contribution in [-0.4, -0.2) is 23.6 Å². The first-order chi connectivity index (χ1) is 6.83. The van der Waals surface area contributed by atoms with Crippen molar-refractivity contribution in [1.82, 2.24) is 0 Å². The molecule has 3 heterocycles. The van der Waals surface area contributed by atoms with E-state index in [9.17, 15) is 0 Å². The third kappa shape index (κ3) is 1.41. The highest BCUT2D eigenvalue weighted by Crippen LogP contribution is 2.43. The number of para-hydroxylation sites is 1. The number of benzene rings is 1. The van der Waals surface area contributed by atoms with Crippen molar-refractivity contribution in [2.75, 3.05) is 18.0 Å². The summed E-state index contributed by atoms with van der Waals surface area (Å²) in [4.78, 5) is 2.43. The number of anilines is 1. The van der Waals surface area contributed by atoms with Crippen LogP contribution in [0.4, 0.5) is 5.69 Å². The normalized spacial score (nSPS) is 29.9. The second kappa shape index (κ2) is 3.35. The predicted molar refractivity (Wildman–Crippen MR) is 63.4 cm³/mol. The van der Waals surface area contributed by atoms with E-state index < -0.39 is 0 Å². The number of rotatable bonds is 1. The minimum Gasteiger partial charge on any atom is -0.368 e. The van der Waals surface area contributed by atoms with Crippen molar-refractivity contribution < 1.29 is 0 Å². The lowest BCUT2D eigenvalue weighted by atomic mass is 10.1. The molecular formula is C11H12ClNS. The van der Waals surface area contributed by atoms with Gasteiger partial charge in [0, 0.05) is 23.6 Å². The average molecular weight is 226 g/mol. The van der Waals surface area contributed by atoms with Gasteiger partial charge in [0.1, 0.15) is 0 Å². The van der Waals surface area contributed by atoms with E-state index >= 15 is 0 Å². The number of thioether (sulfide) groups is 1. The number of nitrogens with zero attached hydrogens (tertiary/aromatic N) is 1. The molecule has 0 amide bonds. The number of halogens is 1. The fraction of sp³-hybridized carbons (Fsp3) is 0.455. The minimum atomic E-state index is 0.852. The number of hydrogen-bond donors (Lipinski definition) is 0. The molecule has 0 saturated carbocycles. The van der Waals surface area contributed by atoms with E-state index in [0.29, 0.717) is 0 Å². The first kappa shape index (κ1) is 8.93. The summed E-state index contributed by atoms with van der Waals surface area (Å²) in [6.07, 6.45) is 1.41. The van der Waals surface area contributed by atoms with Gasteiger partial charge in [-0.1, -0.05) is 23.7 Å². The summed E-state index contributed by atoms with van der Waals surface area (Å²) in [7, 11) is 0. The Labute approximate surface area is 93.4 Å².